The van der Waals surface area contributed by atoms with E-state index in [-0.39, 0.29) is 18.4 Å². The first-order chi connectivity index (χ1) is 6.24. The number of hydrogen-bond acceptors (Lipinski definition) is 3. The summed E-state index contributed by atoms with van der Waals surface area (Å²) in [4.78, 5) is 2.64. The van der Waals surface area contributed by atoms with E-state index in [2.05, 4.69) is 19.1 Å². The monoisotopic (exact) mass is 234 g/mol. The van der Waals surface area contributed by atoms with Gasteiger partial charge in [0.05, 0.1) is 0 Å². The van der Waals surface area contributed by atoms with Gasteiger partial charge in [-0.25, -0.2) is 0 Å². The molecular weight excluding hydrogens is 216 g/mol. The smallest absolute Gasteiger partial charge is 0.0389 e. The van der Waals surface area contributed by atoms with Crippen molar-refractivity contribution in [1.29, 1.82) is 0 Å². The van der Waals surface area contributed by atoms with Crippen LogP contribution >= 0.6 is 23.7 Å². The Morgan fingerprint density at radius 2 is 2.07 bits per heavy atom. The molecule has 1 aromatic heterocycles. The lowest BCUT2D eigenvalue weighted by atomic mass is 10.1. The quantitative estimate of drug-likeness (QED) is 0.770. The summed E-state index contributed by atoms with van der Waals surface area (Å²) in [5.74, 6) is 0. The molecule has 0 amide bonds. The zero-order chi connectivity index (χ0) is 9.68. The van der Waals surface area contributed by atoms with Crippen LogP contribution in [0.15, 0.2) is 12.1 Å². The summed E-state index contributed by atoms with van der Waals surface area (Å²) in [6.45, 7) is 2.89. The lowest BCUT2D eigenvalue weighted by Gasteiger charge is -2.08. The lowest BCUT2D eigenvalue weighted by Crippen LogP contribution is -2.09. The summed E-state index contributed by atoms with van der Waals surface area (Å²) < 4.78 is 0. The molecule has 0 aliphatic carbocycles. The molecule has 0 radical (unpaired) electrons. The van der Waals surface area contributed by atoms with Gasteiger partial charge in [0.15, 0.2) is 0 Å². The first-order valence-corrected chi connectivity index (χ1v) is 5.57. The maximum Gasteiger partial charge on any atom is 0.0389 e. The Morgan fingerprint density at radius 1 is 1.36 bits per heavy atom. The van der Waals surface area contributed by atoms with Crippen LogP contribution in [0.2, 0.25) is 0 Å². The number of nitrogens with two attached hydrogens (primary N) is 2. The van der Waals surface area contributed by atoms with Gasteiger partial charge in [0, 0.05) is 15.8 Å². The minimum atomic E-state index is 0. The second kappa shape index (κ2) is 7.23. The topological polar surface area (TPSA) is 52.0 Å². The minimum Gasteiger partial charge on any atom is -0.330 e. The van der Waals surface area contributed by atoms with Crippen LogP contribution in [0.3, 0.4) is 0 Å². The molecule has 1 atom stereocenters. The lowest BCUT2D eigenvalue weighted by molar-refractivity contribution is 0.598. The van der Waals surface area contributed by atoms with Gasteiger partial charge >= 0.3 is 0 Å². The first kappa shape index (κ1) is 13.9. The van der Waals surface area contributed by atoms with Crippen LogP contribution < -0.4 is 11.5 Å². The maximum atomic E-state index is 6.02. The predicted molar refractivity (Wildman–Crippen MR) is 66.1 cm³/mol. The molecule has 0 aromatic carbocycles. The van der Waals surface area contributed by atoms with Crippen LogP contribution in [-0.2, 0) is 0 Å². The van der Waals surface area contributed by atoms with Gasteiger partial charge in [-0.15, -0.1) is 23.7 Å². The van der Waals surface area contributed by atoms with Crippen molar-refractivity contribution >= 4 is 23.7 Å². The van der Waals surface area contributed by atoms with Gasteiger partial charge in [0.25, 0.3) is 0 Å². The Bertz CT molecular complexity index is 250. The summed E-state index contributed by atoms with van der Waals surface area (Å²) in [6.07, 6.45) is 3.27. The highest BCUT2D eigenvalue weighted by atomic mass is 35.5. The van der Waals surface area contributed by atoms with Gasteiger partial charge in [0.2, 0.25) is 0 Å². The third-order valence-corrected chi connectivity index (χ3v) is 3.23. The largest absolute Gasteiger partial charge is 0.330 e. The van der Waals surface area contributed by atoms with Gasteiger partial charge in [-0.1, -0.05) is 6.42 Å². The second-order valence-electron chi connectivity index (χ2n) is 3.34. The first-order valence-electron chi connectivity index (χ1n) is 4.76. The average Bonchev–Trinajstić information content (AvgIpc) is 2.52. The van der Waals surface area contributed by atoms with Gasteiger partial charge < -0.3 is 11.5 Å². The second-order valence-corrected chi connectivity index (χ2v) is 4.66. The van der Waals surface area contributed by atoms with Crippen molar-refractivity contribution < 1.29 is 0 Å². The molecule has 82 valence electrons. The molecule has 0 saturated carbocycles. The molecule has 0 saturated heterocycles. The molecule has 2 nitrogen and oxygen atoms in total. The Kier molecular flexibility index (Phi) is 7.19. The van der Waals surface area contributed by atoms with Crippen molar-refractivity contribution in [2.45, 2.75) is 32.2 Å². The molecule has 0 fully saturated rings. The third-order valence-electron chi connectivity index (χ3n) is 2.10. The summed E-state index contributed by atoms with van der Waals surface area (Å²) in [5, 5.41) is 0. The standard InChI is InChI=1S/C10H18N2S.ClH/c1-8-5-6-10(13-8)9(12)4-2-3-7-11;/h5-6,9H,2-4,7,11-12H2,1H3;1H/t9-;/m1./s1. The van der Waals surface area contributed by atoms with E-state index in [4.69, 9.17) is 11.5 Å². The van der Waals surface area contributed by atoms with Crippen molar-refractivity contribution in [2.24, 2.45) is 11.5 Å². The molecule has 0 spiro atoms. The summed E-state index contributed by atoms with van der Waals surface area (Å²) >= 11 is 1.80. The summed E-state index contributed by atoms with van der Waals surface area (Å²) in [7, 11) is 0. The molecule has 4 heteroatoms. The van der Waals surface area contributed by atoms with Gasteiger partial charge in [-0.05, 0) is 38.4 Å². The number of hydrogen-bond donors (Lipinski definition) is 2. The number of thiophene rings is 1. The van der Waals surface area contributed by atoms with Crippen LogP contribution in [0.1, 0.15) is 35.1 Å². The van der Waals surface area contributed by atoms with Gasteiger partial charge in [-0.2, -0.15) is 0 Å². The Labute approximate surface area is 96.1 Å². The van der Waals surface area contributed by atoms with Gasteiger partial charge in [0.1, 0.15) is 0 Å². The molecule has 1 aromatic rings. The highest BCUT2D eigenvalue weighted by Crippen LogP contribution is 2.24. The SMILES string of the molecule is Cc1ccc([C@H](N)CCCCN)s1.Cl. The van der Waals surface area contributed by atoms with Gasteiger partial charge in [-0.3, -0.25) is 0 Å². The zero-order valence-corrected chi connectivity index (χ0v) is 10.2. The van der Waals surface area contributed by atoms with E-state index in [9.17, 15) is 0 Å². The molecule has 14 heavy (non-hydrogen) atoms. The highest BCUT2D eigenvalue weighted by Gasteiger charge is 2.06. The average molecular weight is 235 g/mol. The third kappa shape index (κ3) is 4.42. The molecule has 0 aliphatic heterocycles. The van der Waals surface area contributed by atoms with Crippen molar-refractivity contribution in [1.82, 2.24) is 0 Å². The van der Waals surface area contributed by atoms with Crippen LogP contribution in [0.5, 0.6) is 0 Å². The van der Waals surface area contributed by atoms with Crippen LogP contribution in [0.25, 0.3) is 0 Å². The fourth-order valence-electron chi connectivity index (χ4n) is 1.30. The fraction of sp³-hybridized carbons (Fsp3) is 0.600. The van der Waals surface area contributed by atoms with Crippen molar-refractivity contribution in [3.8, 4) is 0 Å². The summed E-state index contributed by atoms with van der Waals surface area (Å²) in [5.41, 5.74) is 11.4. The van der Waals surface area contributed by atoms with E-state index in [1.807, 2.05) is 0 Å². The predicted octanol–water partition coefficient (Wildman–Crippen LogP) is 2.61. The number of rotatable bonds is 5. The van der Waals surface area contributed by atoms with Crippen LogP contribution in [-0.4, -0.2) is 6.54 Å². The van der Waals surface area contributed by atoms with E-state index in [0.717, 1.165) is 25.8 Å². The van der Waals surface area contributed by atoms with Crippen molar-refractivity contribution in [2.75, 3.05) is 6.54 Å². The molecule has 1 heterocycles. The molecule has 0 bridgehead atoms. The molecule has 0 aliphatic rings. The normalized spacial score (nSPS) is 12.2. The van der Waals surface area contributed by atoms with E-state index in [1.165, 1.54) is 9.75 Å². The number of unbranched alkanes of at least 4 members (excludes halogenated alkanes) is 1. The maximum absolute atomic E-state index is 6.02. The van der Waals surface area contributed by atoms with Crippen molar-refractivity contribution in [3.63, 3.8) is 0 Å². The van der Waals surface area contributed by atoms with Crippen LogP contribution in [0, 0.1) is 6.92 Å². The van der Waals surface area contributed by atoms with E-state index < -0.39 is 0 Å². The Hall–Kier alpha value is -0.0900. The van der Waals surface area contributed by atoms with E-state index in [1.54, 1.807) is 11.3 Å². The number of halogens is 1. The zero-order valence-electron chi connectivity index (χ0n) is 8.53. The number of aryl methyl sites for hydroxylation is 1. The molecule has 0 unspecified atom stereocenters. The Morgan fingerprint density at radius 3 is 2.57 bits per heavy atom. The molecule has 1 rings (SSSR count). The van der Waals surface area contributed by atoms with Crippen LogP contribution in [0.4, 0.5) is 0 Å². The Balaban J connectivity index is 0.00000169. The van der Waals surface area contributed by atoms with E-state index >= 15 is 0 Å². The molecular formula is C10H19ClN2S. The van der Waals surface area contributed by atoms with Crippen molar-refractivity contribution in [3.05, 3.63) is 21.9 Å². The fourth-order valence-corrected chi connectivity index (χ4v) is 2.22. The highest BCUT2D eigenvalue weighted by molar-refractivity contribution is 7.12. The van der Waals surface area contributed by atoms with E-state index in [0.29, 0.717) is 0 Å². The molecule has 4 N–H and O–H groups in total. The minimum absolute atomic E-state index is 0. The summed E-state index contributed by atoms with van der Waals surface area (Å²) in [6, 6.07) is 4.47.